The van der Waals surface area contributed by atoms with Crippen LogP contribution < -0.4 is 9.47 Å². The fourth-order valence-electron chi connectivity index (χ4n) is 1.63. The van der Waals surface area contributed by atoms with Crippen LogP contribution in [0.1, 0.15) is 12.5 Å². The molecule has 3 nitrogen and oxygen atoms in total. The number of hydrogen-bond acceptors (Lipinski definition) is 3. The predicted molar refractivity (Wildman–Crippen MR) is 70.0 cm³/mol. The van der Waals surface area contributed by atoms with E-state index in [1.54, 1.807) is 18.2 Å². The first-order valence-corrected chi connectivity index (χ1v) is 5.92. The van der Waals surface area contributed by atoms with E-state index in [-0.39, 0.29) is 5.75 Å². The molecule has 0 saturated carbocycles. The van der Waals surface area contributed by atoms with Crippen LogP contribution in [0.4, 0.5) is 0 Å². The topological polar surface area (TPSA) is 38.7 Å². The SMILES string of the molecule is CCOc1cccc(OCc2ccccc2)c1O. The van der Waals surface area contributed by atoms with Gasteiger partial charge in [-0.05, 0) is 24.6 Å². The standard InChI is InChI=1S/C15H16O3/c1-2-17-13-9-6-10-14(15(13)16)18-11-12-7-4-3-5-8-12/h3-10,16H,2,11H2,1H3. The van der Waals surface area contributed by atoms with Crippen molar-refractivity contribution < 1.29 is 14.6 Å². The van der Waals surface area contributed by atoms with Gasteiger partial charge >= 0.3 is 0 Å². The molecule has 1 N–H and O–H groups in total. The van der Waals surface area contributed by atoms with Crippen molar-refractivity contribution in [2.75, 3.05) is 6.61 Å². The third kappa shape index (κ3) is 2.94. The first-order valence-electron chi connectivity index (χ1n) is 5.92. The summed E-state index contributed by atoms with van der Waals surface area (Å²) in [5.74, 6) is 0.933. The van der Waals surface area contributed by atoms with E-state index in [9.17, 15) is 5.11 Å². The zero-order chi connectivity index (χ0) is 12.8. The predicted octanol–water partition coefficient (Wildman–Crippen LogP) is 3.37. The average Bonchev–Trinajstić information content (AvgIpc) is 2.41. The van der Waals surface area contributed by atoms with Gasteiger partial charge in [0.15, 0.2) is 11.5 Å². The average molecular weight is 244 g/mol. The Morgan fingerprint density at radius 2 is 1.56 bits per heavy atom. The molecule has 0 amide bonds. The van der Waals surface area contributed by atoms with Crippen LogP contribution in [0.25, 0.3) is 0 Å². The van der Waals surface area contributed by atoms with E-state index >= 15 is 0 Å². The highest BCUT2D eigenvalue weighted by Crippen LogP contribution is 2.36. The molecule has 0 spiro atoms. The number of phenolic OH excluding ortho intramolecular Hbond substituents is 1. The second-order valence-corrected chi connectivity index (χ2v) is 3.81. The number of rotatable bonds is 5. The summed E-state index contributed by atoms with van der Waals surface area (Å²) in [5.41, 5.74) is 1.05. The van der Waals surface area contributed by atoms with Gasteiger partial charge in [-0.2, -0.15) is 0 Å². The highest BCUT2D eigenvalue weighted by molar-refractivity contribution is 5.49. The summed E-state index contributed by atoms with van der Waals surface area (Å²) in [6.45, 7) is 2.80. The summed E-state index contributed by atoms with van der Waals surface area (Å²) in [6.07, 6.45) is 0. The molecule has 18 heavy (non-hydrogen) atoms. The molecule has 0 aliphatic rings. The minimum Gasteiger partial charge on any atom is -0.502 e. The van der Waals surface area contributed by atoms with E-state index in [0.29, 0.717) is 24.7 Å². The lowest BCUT2D eigenvalue weighted by atomic mass is 10.2. The fourth-order valence-corrected chi connectivity index (χ4v) is 1.63. The second-order valence-electron chi connectivity index (χ2n) is 3.81. The number of para-hydroxylation sites is 1. The summed E-state index contributed by atoms with van der Waals surface area (Å²) < 4.78 is 10.9. The van der Waals surface area contributed by atoms with Gasteiger partial charge in [-0.15, -0.1) is 0 Å². The van der Waals surface area contributed by atoms with Gasteiger partial charge in [0.05, 0.1) is 6.61 Å². The van der Waals surface area contributed by atoms with Gasteiger partial charge in [0.25, 0.3) is 0 Å². The molecular formula is C15H16O3. The Morgan fingerprint density at radius 1 is 0.889 bits per heavy atom. The monoisotopic (exact) mass is 244 g/mol. The molecule has 2 aromatic rings. The van der Waals surface area contributed by atoms with Gasteiger partial charge in [-0.1, -0.05) is 36.4 Å². The molecule has 0 bridgehead atoms. The maximum absolute atomic E-state index is 9.95. The van der Waals surface area contributed by atoms with Crippen molar-refractivity contribution in [3.8, 4) is 17.2 Å². The van der Waals surface area contributed by atoms with Crippen molar-refractivity contribution in [3.05, 3.63) is 54.1 Å². The van der Waals surface area contributed by atoms with Crippen LogP contribution in [0.15, 0.2) is 48.5 Å². The van der Waals surface area contributed by atoms with Gasteiger partial charge in [0.2, 0.25) is 5.75 Å². The van der Waals surface area contributed by atoms with E-state index in [2.05, 4.69) is 0 Å². The summed E-state index contributed by atoms with van der Waals surface area (Å²) in [5, 5.41) is 9.95. The maximum atomic E-state index is 9.95. The van der Waals surface area contributed by atoms with Gasteiger partial charge in [0, 0.05) is 0 Å². The molecule has 0 radical (unpaired) electrons. The van der Waals surface area contributed by atoms with Crippen LogP contribution in [0.2, 0.25) is 0 Å². The molecule has 0 saturated heterocycles. The Morgan fingerprint density at radius 3 is 2.22 bits per heavy atom. The van der Waals surface area contributed by atoms with Crippen molar-refractivity contribution in [2.45, 2.75) is 13.5 Å². The van der Waals surface area contributed by atoms with Gasteiger partial charge in [-0.3, -0.25) is 0 Å². The summed E-state index contributed by atoms with van der Waals surface area (Å²) in [6, 6.07) is 15.0. The van der Waals surface area contributed by atoms with Gasteiger partial charge in [-0.25, -0.2) is 0 Å². The van der Waals surface area contributed by atoms with Crippen molar-refractivity contribution in [1.29, 1.82) is 0 Å². The third-order valence-electron chi connectivity index (χ3n) is 2.50. The van der Waals surface area contributed by atoms with Crippen LogP contribution in [0, 0.1) is 0 Å². The summed E-state index contributed by atoms with van der Waals surface area (Å²) >= 11 is 0. The molecule has 94 valence electrons. The van der Waals surface area contributed by atoms with Crippen molar-refractivity contribution >= 4 is 0 Å². The van der Waals surface area contributed by atoms with E-state index in [1.807, 2.05) is 37.3 Å². The van der Waals surface area contributed by atoms with Gasteiger partial charge in [0.1, 0.15) is 6.61 Å². The second kappa shape index (κ2) is 5.96. The molecule has 0 atom stereocenters. The van der Waals surface area contributed by atoms with E-state index in [4.69, 9.17) is 9.47 Å². The lowest BCUT2D eigenvalue weighted by molar-refractivity contribution is 0.273. The van der Waals surface area contributed by atoms with Crippen molar-refractivity contribution in [1.82, 2.24) is 0 Å². The van der Waals surface area contributed by atoms with Crippen LogP contribution in [-0.4, -0.2) is 11.7 Å². The minimum absolute atomic E-state index is 0.0512. The normalized spacial score (nSPS) is 10.1. The lowest BCUT2D eigenvalue weighted by Gasteiger charge is -2.11. The molecular weight excluding hydrogens is 228 g/mol. The zero-order valence-corrected chi connectivity index (χ0v) is 10.3. The Labute approximate surface area is 107 Å². The lowest BCUT2D eigenvalue weighted by Crippen LogP contribution is -1.97. The zero-order valence-electron chi connectivity index (χ0n) is 10.3. The first-order chi connectivity index (χ1) is 8.81. The maximum Gasteiger partial charge on any atom is 0.200 e. The minimum atomic E-state index is 0.0512. The Kier molecular flexibility index (Phi) is 4.07. The Bertz CT molecular complexity index is 494. The Hall–Kier alpha value is -2.16. The smallest absolute Gasteiger partial charge is 0.200 e. The van der Waals surface area contributed by atoms with E-state index in [1.165, 1.54) is 0 Å². The van der Waals surface area contributed by atoms with E-state index < -0.39 is 0 Å². The van der Waals surface area contributed by atoms with Crippen LogP contribution in [0.5, 0.6) is 17.2 Å². The molecule has 0 heterocycles. The van der Waals surface area contributed by atoms with Crippen molar-refractivity contribution in [2.24, 2.45) is 0 Å². The number of phenols is 1. The van der Waals surface area contributed by atoms with E-state index in [0.717, 1.165) is 5.56 Å². The quantitative estimate of drug-likeness (QED) is 0.876. The number of aromatic hydroxyl groups is 1. The summed E-state index contributed by atoms with van der Waals surface area (Å²) in [4.78, 5) is 0. The van der Waals surface area contributed by atoms with Crippen LogP contribution in [-0.2, 0) is 6.61 Å². The van der Waals surface area contributed by atoms with Gasteiger partial charge < -0.3 is 14.6 Å². The first kappa shape index (κ1) is 12.3. The molecule has 0 unspecified atom stereocenters. The fraction of sp³-hybridized carbons (Fsp3) is 0.200. The molecule has 0 aromatic heterocycles. The largest absolute Gasteiger partial charge is 0.502 e. The Balaban J connectivity index is 2.08. The molecule has 0 aliphatic carbocycles. The number of hydrogen-bond donors (Lipinski definition) is 1. The molecule has 0 fully saturated rings. The highest BCUT2D eigenvalue weighted by atomic mass is 16.5. The van der Waals surface area contributed by atoms with Crippen LogP contribution in [0.3, 0.4) is 0 Å². The number of ether oxygens (including phenoxy) is 2. The highest BCUT2D eigenvalue weighted by Gasteiger charge is 2.08. The van der Waals surface area contributed by atoms with Crippen LogP contribution >= 0.6 is 0 Å². The summed E-state index contributed by atoms with van der Waals surface area (Å²) in [7, 11) is 0. The third-order valence-corrected chi connectivity index (χ3v) is 2.50. The molecule has 2 aromatic carbocycles. The molecule has 2 rings (SSSR count). The number of benzene rings is 2. The molecule has 0 aliphatic heterocycles. The molecule has 3 heteroatoms. The van der Waals surface area contributed by atoms with Crippen molar-refractivity contribution in [3.63, 3.8) is 0 Å².